The van der Waals surface area contributed by atoms with Crippen molar-refractivity contribution in [3.8, 4) is 6.07 Å². The summed E-state index contributed by atoms with van der Waals surface area (Å²) in [6.07, 6.45) is 5.57. The van der Waals surface area contributed by atoms with Crippen LogP contribution in [0.4, 0.5) is 5.82 Å². The molecule has 3 aromatic rings. The highest BCUT2D eigenvalue weighted by molar-refractivity contribution is 5.95. The van der Waals surface area contributed by atoms with Gasteiger partial charge in [0.25, 0.3) is 0 Å². The average Bonchev–Trinajstić information content (AvgIpc) is 3.42. The lowest BCUT2D eigenvalue weighted by atomic mass is 9.99. The van der Waals surface area contributed by atoms with E-state index in [2.05, 4.69) is 48.2 Å². The van der Waals surface area contributed by atoms with Crippen LogP contribution in [0, 0.1) is 18.3 Å². The molecule has 1 aliphatic heterocycles. The summed E-state index contributed by atoms with van der Waals surface area (Å²) in [6.45, 7) is 7.33. The molecule has 0 unspecified atom stereocenters. The number of esters is 1. The molecule has 174 valence electrons. The normalized spacial score (nSPS) is 16.2. The van der Waals surface area contributed by atoms with E-state index in [1.54, 1.807) is 19.1 Å². The quantitative estimate of drug-likeness (QED) is 0.490. The molecule has 0 bridgehead atoms. The number of benzene rings is 1. The predicted molar refractivity (Wildman–Crippen MR) is 131 cm³/mol. The predicted octanol–water partition coefficient (Wildman–Crippen LogP) is 4.67. The van der Waals surface area contributed by atoms with Gasteiger partial charge in [-0.05, 0) is 83.0 Å². The Bertz CT molecular complexity index is 1240. The van der Waals surface area contributed by atoms with Crippen LogP contribution in [0.2, 0.25) is 0 Å². The molecule has 0 radical (unpaired) electrons. The van der Waals surface area contributed by atoms with Crippen LogP contribution in [-0.2, 0) is 11.2 Å². The fourth-order valence-corrected chi connectivity index (χ4v) is 5.05. The molecule has 7 nitrogen and oxygen atoms in total. The van der Waals surface area contributed by atoms with Gasteiger partial charge in [-0.15, -0.1) is 0 Å². The molecule has 3 heterocycles. The molecule has 0 N–H and O–H groups in total. The summed E-state index contributed by atoms with van der Waals surface area (Å²) in [5, 5.41) is 10.1. The van der Waals surface area contributed by atoms with Crippen LogP contribution in [0.5, 0.6) is 0 Å². The number of nitrogens with zero attached hydrogens (tertiary/aromatic N) is 5. The Labute approximate surface area is 195 Å². The second kappa shape index (κ2) is 9.40. The monoisotopic (exact) mass is 447 g/mol. The van der Waals surface area contributed by atoms with Gasteiger partial charge in [0.15, 0.2) is 5.65 Å². The van der Waals surface area contributed by atoms with Gasteiger partial charge in [-0.25, -0.2) is 9.78 Å². The first-order chi connectivity index (χ1) is 15.9. The topological polar surface area (TPSA) is 73.9 Å². The molecule has 4 rings (SSSR count). The molecular weight excluding hydrogens is 414 g/mol. The van der Waals surface area contributed by atoms with E-state index in [0.717, 1.165) is 55.5 Å². The van der Waals surface area contributed by atoms with Crippen molar-refractivity contribution in [2.24, 2.45) is 0 Å². The lowest BCUT2D eigenvalue weighted by molar-refractivity contribution is 0.0526. The standard InChI is InChI=1S/C26H33N5O2/c1-6-8-10-19-17(3)20(16-27)24-28-21-15-18(26(32)33-7-2)12-13-22(21)31(24)25(19)30-14-9-11-23(30)29(4)5/h12-13,15,23H,6-11,14H2,1-5H3/t23-/m0/s1. The summed E-state index contributed by atoms with van der Waals surface area (Å²) in [6, 6.07) is 7.93. The first-order valence-electron chi connectivity index (χ1n) is 11.9. The van der Waals surface area contributed by atoms with Gasteiger partial charge in [0.1, 0.15) is 11.9 Å². The minimum atomic E-state index is -0.357. The Balaban J connectivity index is 2.06. The second-order valence-electron chi connectivity index (χ2n) is 8.99. The number of aromatic nitrogens is 2. The molecule has 2 aromatic heterocycles. The first kappa shape index (κ1) is 23.1. The highest BCUT2D eigenvalue weighted by Gasteiger charge is 2.32. The SMILES string of the molecule is CCCCc1c(C)c(C#N)c2nc3cc(C(=O)OCC)ccc3n2c1N1CCC[C@H]1N(C)C. The van der Waals surface area contributed by atoms with Gasteiger partial charge in [-0.1, -0.05) is 13.3 Å². The number of carbonyl (C=O) groups excluding carboxylic acids is 1. The Morgan fingerprint density at radius 2 is 2.12 bits per heavy atom. The average molecular weight is 448 g/mol. The van der Waals surface area contributed by atoms with Crippen LogP contribution in [0.1, 0.15) is 66.6 Å². The van der Waals surface area contributed by atoms with E-state index in [-0.39, 0.29) is 12.1 Å². The van der Waals surface area contributed by atoms with Crippen molar-refractivity contribution < 1.29 is 9.53 Å². The summed E-state index contributed by atoms with van der Waals surface area (Å²) < 4.78 is 7.34. The van der Waals surface area contributed by atoms with Crippen LogP contribution in [-0.4, -0.2) is 53.7 Å². The number of imidazole rings is 1. The molecule has 0 amide bonds. The molecule has 1 fully saturated rings. The Morgan fingerprint density at radius 1 is 1.33 bits per heavy atom. The van der Waals surface area contributed by atoms with Crippen molar-refractivity contribution in [3.05, 3.63) is 40.5 Å². The third kappa shape index (κ3) is 3.93. The van der Waals surface area contributed by atoms with Crippen LogP contribution in [0.25, 0.3) is 16.7 Å². The van der Waals surface area contributed by atoms with Gasteiger partial charge in [-0.2, -0.15) is 5.26 Å². The highest BCUT2D eigenvalue weighted by atomic mass is 16.5. The van der Waals surface area contributed by atoms with E-state index in [4.69, 9.17) is 9.72 Å². The molecule has 0 aliphatic carbocycles. The minimum absolute atomic E-state index is 0.289. The Hall–Kier alpha value is -3.11. The number of anilines is 1. The lowest BCUT2D eigenvalue weighted by Gasteiger charge is -2.34. The summed E-state index contributed by atoms with van der Waals surface area (Å²) in [4.78, 5) is 21.9. The van der Waals surface area contributed by atoms with Gasteiger partial charge in [0, 0.05) is 6.54 Å². The molecule has 1 aromatic carbocycles. The van der Waals surface area contributed by atoms with Crippen molar-refractivity contribution in [3.63, 3.8) is 0 Å². The number of fused-ring (bicyclic) bond motifs is 3. The van der Waals surface area contributed by atoms with E-state index in [1.165, 1.54) is 5.56 Å². The van der Waals surface area contributed by atoms with E-state index in [9.17, 15) is 10.1 Å². The van der Waals surface area contributed by atoms with Crippen LogP contribution >= 0.6 is 0 Å². The Morgan fingerprint density at radius 3 is 2.79 bits per heavy atom. The summed E-state index contributed by atoms with van der Waals surface area (Å²) in [5.41, 5.74) is 5.59. The minimum Gasteiger partial charge on any atom is -0.462 e. The summed E-state index contributed by atoms with van der Waals surface area (Å²) in [5.74, 6) is 0.779. The first-order valence-corrected chi connectivity index (χ1v) is 11.9. The van der Waals surface area contributed by atoms with Gasteiger partial charge < -0.3 is 9.64 Å². The Kier molecular flexibility index (Phi) is 6.57. The maximum absolute atomic E-state index is 12.3. The largest absolute Gasteiger partial charge is 0.462 e. The van der Waals surface area contributed by atoms with Crippen molar-refractivity contribution in [2.45, 2.75) is 59.0 Å². The fraction of sp³-hybridized carbons (Fsp3) is 0.500. The van der Waals surface area contributed by atoms with E-state index in [1.807, 2.05) is 6.07 Å². The molecule has 0 spiro atoms. The smallest absolute Gasteiger partial charge is 0.338 e. The summed E-state index contributed by atoms with van der Waals surface area (Å²) in [7, 11) is 4.25. The number of ether oxygens (including phenoxy) is 1. The zero-order valence-corrected chi connectivity index (χ0v) is 20.3. The lowest BCUT2D eigenvalue weighted by Crippen LogP contribution is -2.42. The van der Waals surface area contributed by atoms with Gasteiger partial charge >= 0.3 is 5.97 Å². The van der Waals surface area contributed by atoms with Gasteiger partial charge in [0.2, 0.25) is 0 Å². The number of hydrogen-bond acceptors (Lipinski definition) is 6. The van der Waals surface area contributed by atoms with E-state index < -0.39 is 0 Å². The number of carbonyl (C=O) groups is 1. The van der Waals surface area contributed by atoms with Crippen molar-refractivity contribution >= 4 is 28.5 Å². The molecule has 1 aliphatic rings. The zero-order valence-electron chi connectivity index (χ0n) is 20.3. The molecule has 1 saturated heterocycles. The third-order valence-corrected chi connectivity index (χ3v) is 6.68. The zero-order chi connectivity index (χ0) is 23.7. The third-order valence-electron chi connectivity index (χ3n) is 6.68. The van der Waals surface area contributed by atoms with Gasteiger partial charge in [-0.3, -0.25) is 9.30 Å². The van der Waals surface area contributed by atoms with Crippen LogP contribution < -0.4 is 4.90 Å². The van der Waals surface area contributed by atoms with Crippen molar-refractivity contribution in [1.82, 2.24) is 14.3 Å². The second-order valence-corrected chi connectivity index (χ2v) is 8.99. The molecule has 33 heavy (non-hydrogen) atoms. The molecule has 0 saturated carbocycles. The number of pyridine rings is 1. The van der Waals surface area contributed by atoms with Crippen molar-refractivity contribution in [2.75, 3.05) is 32.1 Å². The maximum Gasteiger partial charge on any atom is 0.338 e. The highest BCUT2D eigenvalue weighted by Crippen LogP contribution is 2.37. The molecule has 1 atom stereocenters. The van der Waals surface area contributed by atoms with E-state index >= 15 is 0 Å². The van der Waals surface area contributed by atoms with E-state index in [0.29, 0.717) is 28.9 Å². The van der Waals surface area contributed by atoms with Gasteiger partial charge in [0.05, 0.1) is 34.9 Å². The number of unbranched alkanes of at least 4 members (excludes halogenated alkanes) is 1. The number of nitriles is 1. The maximum atomic E-state index is 12.3. The summed E-state index contributed by atoms with van der Waals surface area (Å²) >= 11 is 0. The van der Waals surface area contributed by atoms with Crippen molar-refractivity contribution in [1.29, 1.82) is 5.26 Å². The van der Waals surface area contributed by atoms with Crippen LogP contribution in [0.3, 0.4) is 0 Å². The van der Waals surface area contributed by atoms with Crippen LogP contribution in [0.15, 0.2) is 18.2 Å². The molecule has 7 heteroatoms. The number of hydrogen-bond donors (Lipinski definition) is 0. The molecular formula is C26H33N5O2. The number of rotatable bonds is 7. The fourth-order valence-electron chi connectivity index (χ4n) is 5.05.